The average molecular weight is 453 g/mol. The molecule has 0 bridgehead atoms. The highest BCUT2D eigenvalue weighted by Gasteiger charge is 2.32. The molecule has 27 heavy (non-hydrogen) atoms. The number of rotatable bonds is 4. The number of methoxy groups -OCH3 is 1. The summed E-state index contributed by atoms with van der Waals surface area (Å²) in [6, 6.07) is 8.92. The minimum Gasteiger partial charge on any atom is -0.496 e. The minimum atomic E-state index is -4.01. The maximum absolute atomic E-state index is 12.2. The Hall–Kier alpha value is -2.79. The molecule has 0 atom stereocenters. The van der Waals surface area contributed by atoms with Gasteiger partial charge in [0.15, 0.2) is 5.84 Å². The number of hydrogen-bond donors (Lipinski definition) is 0. The van der Waals surface area contributed by atoms with Gasteiger partial charge in [-0.2, -0.15) is 13.5 Å². The normalized spacial score (nSPS) is 14.7. The second-order valence-corrected chi connectivity index (χ2v) is 7.92. The molecule has 0 aliphatic carbocycles. The topological polar surface area (TPSA) is 114 Å². The number of hydrazone groups is 1. The van der Waals surface area contributed by atoms with Gasteiger partial charge in [0.2, 0.25) is 0 Å². The summed E-state index contributed by atoms with van der Waals surface area (Å²) in [4.78, 5) is 10.0. The molecule has 1 aliphatic rings. The molecule has 0 radical (unpaired) electrons. The first-order chi connectivity index (χ1) is 12.7. The number of ether oxygens (including phenoxy) is 1. The average Bonchev–Trinajstić information content (AvgIpc) is 2.90. The third-order valence-electron chi connectivity index (χ3n) is 3.76. The maximum Gasteiger partial charge on any atom is 0.285 e. The van der Waals surface area contributed by atoms with E-state index in [1.165, 1.54) is 23.4 Å². The number of sulfonamides is 1. The molecule has 3 rings (SSSR count). The molecule has 0 saturated heterocycles. The molecular formula is C16H13BrN4O5S. The third kappa shape index (κ3) is 3.69. The van der Waals surface area contributed by atoms with Crippen molar-refractivity contribution in [2.45, 2.75) is 4.90 Å². The number of halogens is 1. The van der Waals surface area contributed by atoms with Crippen molar-refractivity contribution in [2.24, 2.45) is 9.50 Å². The number of benzene rings is 2. The summed E-state index contributed by atoms with van der Waals surface area (Å²) in [6.07, 6.45) is 1.53. The zero-order valence-electron chi connectivity index (χ0n) is 14.2. The van der Waals surface area contributed by atoms with E-state index in [9.17, 15) is 18.5 Å². The van der Waals surface area contributed by atoms with Crippen LogP contribution in [0.5, 0.6) is 5.75 Å². The lowest BCUT2D eigenvalue weighted by Crippen LogP contribution is -2.21. The van der Waals surface area contributed by atoms with Crippen LogP contribution in [0.4, 0.5) is 5.69 Å². The Bertz CT molecular complexity index is 1100. The number of nitrogens with zero attached hydrogens (tertiary/aromatic N) is 4. The van der Waals surface area contributed by atoms with Crippen LogP contribution >= 0.6 is 15.9 Å². The van der Waals surface area contributed by atoms with Crippen molar-refractivity contribution in [3.05, 3.63) is 62.1 Å². The van der Waals surface area contributed by atoms with Crippen molar-refractivity contribution < 1.29 is 18.1 Å². The molecule has 2 aromatic rings. The van der Waals surface area contributed by atoms with Gasteiger partial charge >= 0.3 is 0 Å². The summed E-state index contributed by atoms with van der Waals surface area (Å²) in [6.45, 7) is 0. The van der Waals surface area contributed by atoms with Gasteiger partial charge in [0.05, 0.1) is 22.7 Å². The van der Waals surface area contributed by atoms with Gasteiger partial charge in [0.1, 0.15) is 10.6 Å². The number of nitro groups is 1. The van der Waals surface area contributed by atoms with E-state index in [4.69, 9.17) is 4.74 Å². The van der Waals surface area contributed by atoms with Crippen molar-refractivity contribution >= 4 is 43.7 Å². The van der Waals surface area contributed by atoms with Crippen molar-refractivity contribution in [1.82, 2.24) is 5.01 Å². The summed E-state index contributed by atoms with van der Waals surface area (Å²) < 4.78 is 34.0. The van der Waals surface area contributed by atoms with Crippen molar-refractivity contribution in [2.75, 3.05) is 14.2 Å². The molecule has 0 aromatic heterocycles. The van der Waals surface area contributed by atoms with Gasteiger partial charge in [-0.15, -0.1) is 4.40 Å². The van der Waals surface area contributed by atoms with Crippen LogP contribution in [0, 0.1) is 10.1 Å². The molecule has 9 nitrogen and oxygen atoms in total. The zero-order valence-corrected chi connectivity index (χ0v) is 16.6. The van der Waals surface area contributed by atoms with Gasteiger partial charge in [0, 0.05) is 24.7 Å². The predicted molar refractivity (Wildman–Crippen MR) is 103 cm³/mol. The standard InChI is InChI=1S/C16H13BrN4O5S/c1-20(18-9-10-3-6-14(26-2)13(17)7-10)16-12-5-4-11(21(22)23)8-15(12)27(24,25)19-16/h3-9H,1-2H3/b18-9+. The highest BCUT2D eigenvalue weighted by atomic mass is 79.9. The van der Waals surface area contributed by atoms with E-state index in [1.54, 1.807) is 32.4 Å². The van der Waals surface area contributed by atoms with Crippen LogP contribution in [0.25, 0.3) is 0 Å². The predicted octanol–water partition coefficient (Wildman–Crippen LogP) is 2.78. The Kier molecular flexibility index (Phi) is 4.98. The molecule has 0 N–H and O–H groups in total. The van der Waals surface area contributed by atoms with Crippen molar-refractivity contribution in [1.29, 1.82) is 0 Å². The van der Waals surface area contributed by atoms with E-state index in [0.717, 1.165) is 16.1 Å². The van der Waals surface area contributed by atoms with Gasteiger partial charge in [-0.1, -0.05) is 0 Å². The first-order valence-electron chi connectivity index (χ1n) is 7.48. The summed E-state index contributed by atoms with van der Waals surface area (Å²) in [7, 11) is -0.911. The summed E-state index contributed by atoms with van der Waals surface area (Å²) >= 11 is 3.38. The SMILES string of the molecule is COc1ccc(/C=N/N(C)C2=NS(=O)(=O)c3cc([N+](=O)[O-])ccc32)cc1Br. The van der Waals surface area contributed by atoms with Gasteiger partial charge in [-0.3, -0.25) is 10.1 Å². The molecular weight excluding hydrogens is 440 g/mol. The Morgan fingerprint density at radius 3 is 2.67 bits per heavy atom. The van der Waals surface area contributed by atoms with E-state index in [1.807, 2.05) is 0 Å². The van der Waals surface area contributed by atoms with Gasteiger partial charge in [-0.05, 0) is 45.8 Å². The second-order valence-electron chi connectivity index (χ2n) is 5.49. The Morgan fingerprint density at radius 2 is 2.04 bits per heavy atom. The number of nitro benzene ring substituents is 1. The lowest BCUT2D eigenvalue weighted by molar-refractivity contribution is -0.385. The van der Waals surface area contributed by atoms with Crippen LogP contribution < -0.4 is 4.74 Å². The first-order valence-corrected chi connectivity index (χ1v) is 9.71. The van der Waals surface area contributed by atoms with Gasteiger partial charge < -0.3 is 4.74 Å². The molecule has 2 aromatic carbocycles. The Balaban J connectivity index is 1.91. The van der Waals surface area contributed by atoms with Crippen LogP contribution in [-0.2, 0) is 10.0 Å². The third-order valence-corrected chi connectivity index (χ3v) is 5.69. The summed E-state index contributed by atoms with van der Waals surface area (Å²) in [5, 5.41) is 16.4. The van der Waals surface area contributed by atoms with Crippen LogP contribution in [0.1, 0.15) is 11.1 Å². The monoisotopic (exact) mass is 452 g/mol. The Morgan fingerprint density at radius 1 is 1.30 bits per heavy atom. The summed E-state index contributed by atoms with van der Waals surface area (Å²) in [5.74, 6) is 0.756. The maximum atomic E-state index is 12.2. The molecule has 0 unspecified atom stereocenters. The molecule has 1 heterocycles. The number of non-ortho nitro benzene ring substituents is 1. The second kappa shape index (κ2) is 7.08. The van der Waals surface area contributed by atoms with E-state index in [2.05, 4.69) is 25.4 Å². The van der Waals surface area contributed by atoms with E-state index >= 15 is 0 Å². The summed E-state index contributed by atoms with van der Waals surface area (Å²) in [5.41, 5.74) is 0.694. The van der Waals surface area contributed by atoms with Crippen molar-refractivity contribution in [3.63, 3.8) is 0 Å². The molecule has 11 heteroatoms. The van der Waals surface area contributed by atoms with E-state index in [0.29, 0.717) is 5.75 Å². The van der Waals surface area contributed by atoms with Crippen molar-refractivity contribution in [3.8, 4) is 5.75 Å². The van der Waals surface area contributed by atoms with Crippen LogP contribution in [0.15, 0.2) is 55.3 Å². The minimum absolute atomic E-state index is 0.0868. The quantitative estimate of drug-likeness (QED) is 0.400. The van der Waals surface area contributed by atoms with Crippen LogP contribution in [0.2, 0.25) is 0 Å². The molecule has 0 amide bonds. The highest BCUT2D eigenvalue weighted by Crippen LogP contribution is 2.31. The van der Waals surface area contributed by atoms with Gasteiger partial charge in [-0.25, -0.2) is 5.01 Å². The lowest BCUT2D eigenvalue weighted by Gasteiger charge is -2.12. The highest BCUT2D eigenvalue weighted by molar-refractivity contribution is 9.10. The van der Waals surface area contributed by atoms with Crippen LogP contribution in [-0.4, -0.2) is 44.6 Å². The lowest BCUT2D eigenvalue weighted by atomic mass is 10.2. The number of fused-ring (bicyclic) bond motifs is 1. The fourth-order valence-electron chi connectivity index (χ4n) is 2.44. The molecule has 0 saturated carbocycles. The number of amidine groups is 1. The molecule has 0 spiro atoms. The smallest absolute Gasteiger partial charge is 0.285 e. The molecule has 140 valence electrons. The van der Waals surface area contributed by atoms with Crippen LogP contribution in [0.3, 0.4) is 0 Å². The fourth-order valence-corrected chi connectivity index (χ4v) is 4.25. The van der Waals surface area contributed by atoms with Gasteiger partial charge in [0.25, 0.3) is 15.7 Å². The first kappa shape index (κ1) is 19.0. The zero-order chi connectivity index (χ0) is 19.8. The fraction of sp³-hybridized carbons (Fsp3) is 0.125. The number of hydrogen-bond acceptors (Lipinski definition) is 7. The largest absolute Gasteiger partial charge is 0.496 e. The molecule has 0 fully saturated rings. The van der Waals surface area contributed by atoms with E-state index in [-0.39, 0.29) is 22.0 Å². The van der Waals surface area contributed by atoms with E-state index < -0.39 is 14.9 Å². The molecule has 1 aliphatic heterocycles. The Labute approximate surface area is 163 Å².